The Morgan fingerprint density at radius 3 is 2.47 bits per heavy atom. The maximum Gasteiger partial charge on any atom is 0.261 e. The Morgan fingerprint density at radius 2 is 1.84 bits per heavy atom. The van der Waals surface area contributed by atoms with E-state index in [2.05, 4.69) is 15.4 Å². The quantitative estimate of drug-likeness (QED) is 0.589. The second-order valence-electron chi connectivity index (χ2n) is 8.03. The van der Waals surface area contributed by atoms with Gasteiger partial charge in [-0.25, -0.2) is 8.42 Å². The fourth-order valence-corrected chi connectivity index (χ4v) is 5.35. The summed E-state index contributed by atoms with van der Waals surface area (Å²) in [6.07, 6.45) is 5.84. The molecular formula is C22H26N6O3S. The lowest BCUT2D eigenvalue weighted by Crippen LogP contribution is -2.27. The molecule has 0 spiro atoms. The third kappa shape index (κ3) is 4.54. The number of rotatable bonds is 6. The van der Waals surface area contributed by atoms with Crippen LogP contribution in [0.25, 0.3) is 10.9 Å². The Labute approximate surface area is 186 Å². The van der Waals surface area contributed by atoms with Gasteiger partial charge in [0.05, 0.1) is 16.5 Å². The Balaban J connectivity index is 0.000000775. The average molecular weight is 455 g/mol. The molecule has 2 fully saturated rings. The highest BCUT2D eigenvalue weighted by Crippen LogP contribution is 2.33. The van der Waals surface area contributed by atoms with Gasteiger partial charge in [-0.3, -0.25) is 9.48 Å². The van der Waals surface area contributed by atoms with E-state index in [0.717, 1.165) is 24.9 Å². The van der Waals surface area contributed by atoms with Gasteiger partial charge in [-0.15, -0.1) is 0 Å². The molecule has 1 aliphatic carbocycles. The molecule has 168 valence electrons. The van der Waals surface area contributed by atoms with Gasteiger partial charge in [0, 0.05) is 38.4 Å². The number of anilines is 2. The smallest absolute Gasteiger partial charge is 0.261 e. The topological polar surface area (TPSA) is 124 Å². The molecule has 32 heavy (non-hydrogen) atoms. The van der Waals surface area contributed by atoms with Crippen molar-refractivity contribution in [3.05, 3.63) is 46.9 Å². The molecule has 9 nitrogen and oxygen atoms in total. The van der Waals surface area contributed by atoms with Crippen molar-refractivity contribution in [2.45, 2.75) is 44.0 Å². The number of aromatic amines is 1. The van der Waals surface area contributed by atoms with Crippen molar-refractivity contribution < 1.29 is 8.42 Å². The number of nitrogens with zero attached hydrogens (tertiary/aromatic N) is 4. The normalized spacial score (nSPS) is 16.4. The molecule has 1 saturated carbocycles. The number of sulfonamides is 1. The third-order valence-electron chi connectivity index (χ3n) is 5.62. The van der Waals surface area contributed by atoms with Gasteiger partial charge >= 0.3 is 0 Å². The number of hydrogen-bond donors (Lipinski definition) is 2. The molecule has 0 radical (unpaired) electrons. The van der Waals surface area contributed by atoms with E-state index in [4.69, 9.17) is 5.26 Å². The largest absolute Gasteiger partial charge is 0.338 e. The zero-order valence-corrected chi connectivity index (χ0v) is 18.7. The van der Waals surface area contributed by atoms with E-state index in [9.17, 15) is 13.2 Å². The molecule has 2 aliphatic rings. The summed E-state index contributed by atoms with van der Waals surface area (Å²) in [6.45, 7) is 3.39. The van der Waals surface area contributed by atoms with Gasteiger partial charge in [0.15, 0.2) is 5.82 Å². The van der Waals surface area contributed by atoms with Crippen LogP contribution in [0.3, 0.4) is 0 Å². The Morgan fingerprint density at radius 1 is 1.19 bits per heavy atom. The third-order valence-corrected chi connectivity index (χ3v) is 7.54. The standard InChI is InChI=1S/C20H23N5O3S.C2H3N/c26-20-18-17(9-10-21-20)25(13-14-3-4-14)23-19(18)22-15-5-7-16(8-6-15)29(27,28)24-11-1-2-12-24;1-2-3/h5-10,14H,1-4,11-13H2,(H,21,26)(H,22,23);1H3. The highest BCUT2D eigenvalue weighted by atomic mass is 32.2. The molecule has 2 aromatic heterocycles. The molecule has 1 aromatic carbocycles. The minimum atomic E-state index is -3.44. The highest BCUT2D eigenvalue weighted by molar-refractivity contribution is 7.89. The number of pyridine rings is 1. The van der Waals surface area contributed by atoms with Crippen molar-refractivity contribution in [3.63, 3.8) is 0 Å². The Hall–Kier alpha value is -3.16. The van der Waals surface area contributed by atoms with Crippen LogP contribution in [0.1, 0.15) is 32.6 Å². The first-order valence-electron chi connectivity index (χ1n) is 10.7. The van der Waals surface area contributed by atoms with Crippen LogP contribution in [0.15, 0.2) is 46.2 Å². The number of nitrogens with one attached hydrogen (secondary N) is 2. The zero-order valence-electron chi connectivity index (χ0n) is 17.9. The number of hydrogen-bond acceptors (Lipinski definition) is 6. The molecule has 0 unspecified atom stereocenters. The summed E-state index contributed by atoms with van der Waals surface area (Å²) in [6, 6.07) is 10.2. The van der Waals surface area contributed by atoms with Gasteiger partial charge < -0.3 is 10.3 Å². The summed E-state index contributed by atoms with van der Waals surface area (Å²) < 4.78 is 28.8. The van der Waals surface area contributed by atoms with Crippen molar-refractivity contribution in [1.29, 1.82) is 5.26 Å². The lowest BCUT2D eigenvalue weighted by molar-refractivity contribution is 0.477. The minimum Gasteiger partial charge on any atom is -0.338 e. The molecule has 3 aromatic rings. The predicted molar refractivity (Wildman–Crippen MR) is 122 cm³/mol. The van der Waals surface area contributed by atoms with Crippen LogP contribution >= 0.6 is 0 Å². The number of aromatic nitrogens is 3. The molecule has 2 N–H and O–H groups in total. The number of fused-ring (bicyclic) bond motifs is 1. The van der Waals surface area contributed by atoms with E-state index in [1.54, 1.807) is 36.5 Å². The maximum atomic E-state index is 12.7. The van der Waals surface area contributed by atoms with Gasteiger partial charge in [-0.05, 0) is 61.9 Å². The molecule has 0 bridgehead atoms. The van der Waals surface area contributed by atoms with Crippen molar-refractivity contribution in [2.24, 2.45) is 5.92 Å². The summed E-state index contributed by atoms with van der Waals surface area (Å²) in [5.41, 5.74) is 1.29. The second-order valence-corrected chi connectivity index (χ2v) is 9.96. The van der Waals surface area contributed by atoms with E-state index >= 15 is 0 Å². The lowest BCUT2D eigenvalue weighted by atomic mass is 10.3. The molecule has 3 heterocycles. The first-order valence-corrected chi connectivity index (χ1v) is 12.1. The van der Waals surface area contributed by atoms with E-state index in [0.29, 0.717) is 35.9 Å². The molecule has 0 atom stereocenters. The minimum absolute atomic E-state index is 0.194. The van der Waals surface area contributed by atoms with Gasteiger partial charge in [0.25, 0.3) is 5.56 Å². The predicted octanol–water partition coefficient (Wildman–Crippen LogP) is 3.19. The zero-order chi connectivity index (χ0) is 22.7. The molecule has 1 aliphatic heterocycles. The Bertz CT molecular complexity index is 1290. The van der Waals surface area contributed by atoms with Gasteiger partial charge in [0.2, 0.25) is 10.0 Å². The highest BCUT2D eigenvalue weighted by Gasteiger charge is 2.27. The van der Waals surface area contributed by atoms with Gasteiger partial charge in [-0.2, -0.15) is 14.7 Å². The SMILES string of the molecule is CC#N.O=c1[nH]ccc2c1c(Nc1ccc(S(=O)(=O)N3CCCC3)cc1)nn2CC1CC1. The number of H-pyrrole nitrogens is 1. The van der Waals surface area contributed by atoms with Crippen LogP contribution in [0, 0.1) is 17.2 Å². The van der Waals surface area contributed by atoms with Crippen molar-refractivity contribution in [2.75, 3.05) is 18.4 Å². The van der Waals surface area contributed by atoms with Crippen molar-refractivity contribution in [1.82, 2.24) is 19.1 Å². The van der Waals surface area contributed by atoms with Crippen LogP contribution in [-0.4, -0.2) is 40.6 Å². The van der Waals surface area contributed by atoms with Crippen LogP contribution in [-0.2, 0) is 16.6 Å². The van der Waals surface area contributed by atoms with Crippen molar-refractivity contribution in [3.8, 4) is 6.07 Å². The number of nitriles is 1. The van der Waals surface area contributed by atoms with Crippen molar-refractivity contribution >= 4 is 32.4 Å². The molecular weight excluding hydrogens is 428 g/mol. The fraction of sp³-hybridized carbons (Fsp3) is 0.409. The van der Waals surface area contributed by atoms with Crippen LogP contribution in [0.4, 0.5) is 11.5 Å². The van der Waals surface area contributed by atoms with Gasteiger partial charge in [-0.1, -0.05) is 0 Å². The van der Waals surface area contributed by atoms with Crippen LogP contribution in [0.5, 0.6) is 0 Å². The first-order chi connectivity index (χ1) is 15.4. The summed E-state index contributed by atoms with van der Waals surface area (Å²) >= 11 is 0. The summed E-state index contributed by atoms with van der Waals surface area (Å²) in [7, 11) is -3.44. The maximum absolute atomic E-state index is 12.7. The van der Waals surface area contributed by atoms with E-state index in [1.165, 1.54) is 24.1 Å². The van der Waals surface area contributed by atoms with E-state index < -0.39 is 10.0 Å². The second kappa shape index (κ2) is 9.14. The monoisotopic (exact) mass is 454 g/mol. The van der Waals surface area contributed by atoms with E-state index in [-0.39, 0.29) is 10.5 Å². The molecule has 5 rings (SSSR count). The summed E-state index contributed by atoms with van der Waals surface area (Å²) in [5, 5.41) is 15.6. The van der Waals surface area contributed by atoms with Crippen LogP contribution < -0.4 is 10.9 Å². The van der Waals surface area contributed by atoms with Crippen LogP contribution in [0.2, 0.25) is 0 Å². The molecule has 10 heteroatoms. The molecule has 0 amide bonds. The van der Waals surface area contributed by atoms with E-state index in [1.807, 2.05) is 10.7 Å². The average Bonchev–Trinajstić information content (AvgIpc) is 3.27. The first kappa shape index (κ1) is 22.0. The lowest BCUT2D eigenvalue weighted by Gasteiger charge is -2.15. The fourth-order valence-electron chi connectivity index (χ4n) is 3.83. The Kier molecular flexibility index (Phi) is 6.30. The number of benzene rings is 1. The van der Waals surface area contributed by atoms with Gasteiger partial charge in [0.1, 0.15) is 5.39 Å². The summed E-state index contributed by atoms with van der Waals surface area (Å²) in [4.78, 5) is 15.4. The summed E-state index contributed by atoms with van der Waals surface area (Å²) in [5.74, 6) is 1.11. The molecule has 1 saturated heterocycles.